The number of nitrogens with zero attached hydrogens (tertiary/aromatic N) is 1. The number of aliphatic hydroxyl groups excluding tert-OH is 1. The molecular formula is C16H14FNO3. The van der Waals surface area contributed by atoms with Crippen LogP contribution < -0.4 is 9.47 Å². The lowest BCUT2D eigenvalue weighted by molar-refractivity contribution is 0.249. The molecule has 2 aromatic carbocycles. The Kier molecular flexibility index (Phi) is 4.75. The van der Waals surface area contributed by atoms with E-state index >= 15 is 0 Å². The third-order valence-electron chi connectivity index (χ3n) is 3.00. The molecule has 0 spiro atoms. The van der Waals surface area contributed by atoms with Gasteiger partial charge in [0.05, 0.1) is 25.3 Å². The second-order valence-electron chi connectivity index (χ2n) is 4.31. The van der Waals surface area contributed by atoms with Crippen LogP contribution in [0.15, 0.2) is 36.4 Å². The highest BCUT2D eigenvalue weighted by molar-refractivity contribution is 5.42. The number of nitriles is 1. The summed E-state index contributed by atoms with van der Waals surface area (Å²) in [6, 6.07) is 11.3. The first kappa shape index (κ1) is 14.8. The van der Waals surface area contributed by atoms with Gasteiger partial charge in [0.2, 0.25) is 0 Å². The van der Waals surface area contributed by atoms with Gasteiger partial charge in [-0.3, -0.25) is 0 Å². The van der Waals surface area contributed by atoms with E-state index in [-0.39, 0.29) is 19.0 Å². The molecule has 1 N–H and O–H groups in total. The van der Waals surface area contributed by atoms with Gasteiger partial charge in [-0.15, -0.1) is 0 Å². The molecule has 5 heteroatoms. The van der Waals surface area contributed by atoms with E-state index in [1.165, 1.54) is 19.2 Å². The maximum Gasteiger partial charge on any atom is 0.165 e. The molecule has 0 heterocycles. The molecule has 0 radical (unpaired) electrons. The van der Waals surface area contributed by atoms with Crippen LogP contribution in [0.25, 0.3) is 0 Å². The van der Waals surface area contributed by atoms with E-state index in [2.05, 4.69) is 0 Å². The lowest BCUT2D eigenvalue weighted by Crippen LogP contribution is -2.03. The van der Waals surface area contributed by atoms with Crippen LogP contribution in [0.3, 0.4) is 0 Å². The number of para-hydroxylation sites is 1. The summed E-state index contributed by atoms with van der Waals surface area (Å²) >= 11 is 0. The Labute approximate surface area is 122 Å². The van der Waals surface area contributed by atoms with Crippen molar-refractivity contribution in [2.45, 2.75) is 13.2 Å². The summed E-state index contributed by atoms with van der Waals surface area (Å²) in [6.45, 7) is -0.283. The molecular weight excluding hydrogens is 273 g/mol. The van der Waals surface area contributed by atoms with Gasteiger partial charge in [-0.25, -0.2) is 4.39 Å². The Morgan fingerprint density at radius 2 is 2.05 bits per heavy atom. The second kappa shape index (κ2) is 6.73. The third kappa shape index (κ3) is 3.30. The number of benzene rings is 2. The van der Waals surface area contributed by atoms with E-state index < -0.39 is 5.82 Å². The highest BCUT2D eigenvalue weighted by Crippen LogP contribution is 2.26. The highest BCUT2D eigenvalue weighted by atomic mass is 19.1. The van der Waals surface area contributed by atoms with Gasteiger partial charge in [0.15, 0.2) is 11.6 Å². The Bertz CT molecular complexity index is 680. The Morgan fingerprint density at radius 1 is 1.24 bits per heavy atom. The molecule has 0 aliphatic rings. The zero-order chi connectivity index (χ0) is 15.2. The SMILES string of the molecule is COc1ccc(C#N)cc1COc1c(F)cccc1CO. The lowest BCUT2D eigenvalue weighted by Gasteiger charge is -2.13. The first-order valence-electron chi connectivity index (χ1n) is 6.27. The third-order valence-corrected chi connectivity index (χ3v) is 3.00. The molecule has 21 heavy (non-hydrogen) atoms. The van der Waals surface area contributed by atoms with E-state index in [9.17, 15) is 9.50 Å². The van der Waals surface area contributed by atoms with Crippen molar-refractivity contribution in [1.82, 2.24) is 0 Å². The predicted molar refractivity (Wildman–Crippen MR) is 74.4 cm³/mol. The zero-order valence-corrected chi connectivity index (χ0v) is 11.5. The lowest BCUT2D eigenvalue weighted by atomic mass is 10.1. The normalized spacial score (nSPS) is 10.0. The van der Waals surface area contributed by atoms with Gasteiger partial charge >= 0.3 is 0 Å². The van der Waals surface area contributed by atoms with Gasteiger partial charge < -0.3 is 14.6 Å². The van der Waals surface area contributed by atoms with Crippen LogP contribution in [0.1, 0.15) is 16.7 Å². The van der Waals surface area contributed by atoms with Crippen molar-refractivity contribution in [2.24, 2.45) is 0 Å². The van der Waals surface area contributed by atoms with E-state index in [1.807, 2.05) is 6.07 Å². The summed E-state index contributed by atoms with van der Waals surface area (Å²) in [5.74, 6) is 0.0113. The van der Waals surface area contributed by atoms with Crippen LogP contribution in [-0.4, -0.2) is 12.2 Å². The molecule has 2 rings (SSSR count). The molecule has 0 aliphatic carbocycles. The number of aliphatic hydroxyl groups is 1. The van der Waals surface area contributed by atoms with Crippen LogP contribution >= 0.6 is 0 Å². The minimum Gasteiger partial charge on any atom is -0.496 e. The predicted octanol–water partition coefficient (Wildman–Crippen LogP) is 2.78. The summed E-state index contributed by atoms with van der Waals surface area (Å²) in [7, 11) is 1.51. The average Bonchev–Trinajstić information content (AvgIpc) is 2.53. The quantitative estimate of drug-likeness (QED) is 0.918. The van der Waals surface area contributed by atoms with Gasteiger partial charge in [0.25, 0.3) is 0 Å². The fourth-order valence-electron chi connectivity index (χ4n) is 1.95. The molecule has 2 aromatic rings. The van der Waals surface area contributed by atoms with Crippen molar-refractivity contribution in [1.29, 1.82) is 5.26 Å². The average molecular weight is 287 g/mol. The van der Waals surface area contributed by atoms with Crippen LogP contribution in [-0.2, 0) is 13.2 Å². The molecule has 4 nitrogen and oxygen atoms in total. The van der Waals surface area contributed by atoms with E-state index in [0.717, 1.165) is 0 Å². The number of methoxy groups -OCH3 is 1. The van der Waals surface area contributed by atoms with Gasteiger partial charge in [0, 0.05) is 11.1 Å². The molecule has 0 atom stereocenters. The fraction of sp³-hybridized carbons (Fsp3) is 0.188. The number of halogens is 1. The van der Waals surface area contributed by atoms with Gasteiger partial charge in [-0.1, -0.05) is 12.1 Å². The molecule has 0 saturated heterocycles. The van der Waals surface area contributed by atoms with Gasteiger partial charge in [0.1, 0.15) is 12.4 Å². The summed E-state index contributed by atoms with van der Waals surface area (Å²) in [6.07, 6.45) is 0. The van der Waals surface area contributed by atoms with Crippen LogP contribution in [0.5, 0.6) is 11.5 Å². The Morgan fingerprint density at radius 3 is 2.71 bits per heavy atom. The summed E-state index contributed by atoms with van der Waals surface area (Å²) in [4.78, 5) is 0. The van der Waals surface area contributed by atoms with Crippen molar-refractivity contribution >= 4 is 0 Å². The van der Waals surface area contributed by atoms with Crippen molar-refractivity contribution in [3.8, 4) is 17.6 Å². The largest absolute Gasteiger partial charge is 0.496 e. The second-order valence-corrected chi connectivity index (χ2v) is 4.31. The summed E-state index contributed by atoms with van der Waals surface area (Å²) in [5, 5.41) is 18.1. The molecule has 0 bridgehead atoms. The van der Waals surface area contributed by atoms with Gasteiger partial charge in [-0.2, -0.15) is 5.26 Å². The molecule has 0 fully saturated rings. The highest BCUT2D eigenvalue weighted by Gasteiger charge is 2.11. The van der Waals surface area contributed by atoms with E-state index in [0.29, 0.717) is 22.4 Å². The number of ether oxygens (including phenoxy) is 2. The maximum atomic E-state index is 13.7. The summed E-state index contributed by atoms with van der Waals surface area (Å²) in [5.41, 5.74) is 1.46. The number of rotatable bonds is 5. The van der Waals surface area contributed by atoms with Crippen molar-refractivity contribution in [2.75, 3.05) is 7.11 Å². The fourth-order valence-corrected chi connectivity index (χ4v) is 1.95. The van der Waals surface area contributed by atoms with Crippen LogP contribution in [0.4, 0.5) is 4.39 Å². The Balaban J connectivity index is 2.26. The van der Waals surface area contributed by atoms with Crippen molar-refractivity contribution in [3.63, 3.8) is 0 Å². The van der Waals surface area contributed by atoms with E-state index in [1.54, 1.807) is 24.3 Å². The first-order valence-corrected chi connectivity index (χ1v) is 6.27. The van der Waals surface area contributed by atoms with E-state index in [4.69, 9.17) is 14.7 Å². The smallest absolute Gasteiger partial charge is 0.165 e. The van der Waals surface area contributed by atoms with Crippen LogP contribution in [0.2, 0.25) is 0 Å². The molecule has 0 aliphatic heterocycles. The molecule has 0 amide bonds. The Hall–Kier alpha value is -2.58. The minimum atomic E-state index is -0.544. The molecule has 0 aromatic heterocycles. The maximum absolute atomic E-state index is 13.7. The topological polar surface area (TPSA) is 62.5 Å². The summed E-state index contributed by atoms with van der Waals surface area (Å²) < 4.78 is 24.4. The van der Waals surface area contributed by atoms with Crippen molar-refractivity contribution in [3.05, 3.63) is 58.9 Å². The zero-order valence-electron chi connectivity index (χ0n) is 11.5. The molecule has 108 valence electrons. The monoisotopic (exact) mass is 287 g/mol. The number of hydrogen-bond donors (Lipinski definition) is 1. The molecule has 0 unspecified atom stereocenters. The standard InChI is InChI=1S/C16H14FNO3/c1-20-15-6-5-11(8-18)7-13(15)10-21-16-12(9-19)3-2-4-14(16)17/h2-7,19H,9-10H2,1H3. The first-order chi connectivity index (χ1) is 10.2. The molecule has 0 saturated carbocycles. The van der Waals surface area contributed by atoms with Crippen LogP contribution in [0, 0.1) is 17.1 Å². The van der Waals surface area contributed by atoms with Crippen molar-refractivity contribution < 1.29 is 19.0 Å². The van der Waals surface area contributed by atoms with Gasteiger partial charge in [-0.05, 0) is 24.3 Å². The minimum absolute atomic E-state index is 0.00409. The number of hydrogen-bond acceptors (Lipinski definition) is 4.